The quantitative estimate of drug-likeness (QED) is 0.848. The van der Waals surface area contributed by atoms with E-state index in [1.807, 2.05) is 0 Å². The fraction of sp³-hybridized carbons (Fsp3) is 0.857. The van der Waals surface area contributed by atoms with Gasteiger partial charge in [0.05, 0.1) is 0 Å². The number of rotatable bonds is 3. The molecule has 1 aromatic rings. The van der Waals surface area contributed by atoms with Crippen molar-refractivity contribution >= 4 is 12.2 Å². The zero-order chi connectivity index (χ0) is 12.4. The summed E-state index contributed by atoms with van der Waals surface area (Å²) >= 11 is 5.39. The number of nitrogens with one attached hydrogen (secondary N) is 1. The second-order valence-electron chi connectivity index (χ2n) is 6.91. The molecule has 3 aliphatic carbocycles. The number of fused-ring (bicyclic) bond motifs is 5. The fourth-order valence-corrected chi connectivity index (χ4v) is 5.01. The summed E-state index contributed by atoms with van der Waals surface area (Å²) in [5, 5.41) is 7.57. The lowest BCUT2D eigenvalue weighted by atomic mass is 10.0. The Balaban J connectivity index is 1.65. The normalized spacial score (nSPS) is 40.5. The minimum absolute atomic E-state index is 0.628. The van der Waals surface area contributed by atoms with Crippen LogP contribution in [0.5, 0.6) is 0 Å². The lowest BCUT2D eigenvalue weighted by molar-refractivity contribution is 0.456. The smallest absolute Gasteiger partial charge is 0.195 e. The summed E-state index contributed by atoms with van der Waals surface area (Å²) in [4.78, 5) is 0. The largest absolute Gasteiger partial charge is 0.304 e. The maximum Gasteiger partial charge on any atom is 0.195 e. The molecular weight excluding hydrogens is 242 g/mol. The van der Waals surface area contributed by atoms with E-state index in [4.69, 9.17) is 12.2 Å². The summed E-state index contributed by atoms with van der Waals surface area (Å²) in [5.74, 6) is 6.51. The molecule has 18 heavy (non-hydrogen) atoms. The minimum atomic E-state index is 0.628. The van der Waals surface area contributed by atoms with Crippen LogP contribution in [0.15, 0.2) is 0 Å². The van der Waals surface area contributed by atoms with Crippen LogP contribution in [0.2, 0.25) is 0 Å². The van der Waals surface area contributed by atoms with Crippen molar-refractivity contribution in [2.75, 3.05) is 0 Å². The summed E-state index contributed by atoms with van der Waals surface area (Å²) in [6, 6.07) is 0. The van der Waals surface area contributed by atoms with Gasteiger partial charge in [0.25, 0.3) is 0 Å². The van der Waals surface area contributed by atoms with Gasteiger partial charge in [0.15, 0.2) is 4.77 Å². The molecule has 0 aromatic carbocycles. The first-order chi connectivity index (χ1) is 8.66. The topological polar surface area (TPSA) is 33.6 Å². The molecule has 4 rings (SSSR count). The van der Waals surface area contributed by atoms with Gasteiger partial charge in [-0.2, -0.15) is 5.10 Å². The van der Waals surface area contributed by atoms with Gasteiger partial charge in [0, 0.05) is 12.5 Å². The minimum Gasteiger partial charge on any atom is -0.304 e. The van der Waals surface area contributed by atoms with Gasteiger partial charge in [-0.3, -0.25) is 5.10 Å². The average molecular weight is 263 g/mol. The second-order valence-corrected chi connectivity index (χ2v) is 7.29. The van der Waals surface area contributed by atoms with Crippen LogP contribution in [0.1, 0.15) is 44.9 Å². The molecule has 1 N–H and O–H groups in total. The van der Waals surface area contributed by atoms with Gasteiger partial charge in [-0.15, -0.1) is 0 Å². The third-order valence-electron chi connectivity index (χ3n) is 5.37. The van der Waals surface area contributed by atoms with Crippen LogP contribution in [0, 0.1) is 34.4 Å². The van der Waals surface area contributed by atoms with Gasteiger partial charge in [-0.05, 0) is 61.1 Å². The van der Waals surface area contributed by atoms with Crippen LogP contribution in [0.4, 0.5) is 0 Å². The van der Waals surface area contributed by atoms with E-state index in [1.165, 1.54) is 25.1 Å². The van der Waals surface area contributed by atoms with E-state index in [0.717, 1.165) is 40.9 Å². The van der Waals surface area contributed by atoms with E-state index in [2.05, 4.69) is 28.6 Å². The van der Waals surface area contributed by atoms with Crippen LogP contribution in [0.3, 0.4) is 0 Å². The van der Waals surface area contributed by atoms with Gasteiger partial charge in [0.1, 0.15) is 5.82 Å². The van der Waals surface area contributed by atoms with Crippen LogP contribution in [0.25, 0.3) is 0 Å². The van der Waals surface area contributed by atoms with E-state index in [-0.39, 0.29) is 0 Å². The molecule has 98 valence electrons. The van der Waals surface area contributed by atoms with Crippen molar-refractivity contribution in [1.29, 1.82) is 0 Å². The van der Waals surface area contributed by atoms with Crippen LogP contribution >= 0.6 is 12.2 Å². The number of aromatic nitrogens is 3. The summed E-state index contributed by atoms with van der Waals surface area (Å²) in [7, 11) is 0. The molecule has 0 saturated heterocycles. The molecule has 4 atom stereocenters. The summed E-state index contributed by atoms with van der Waals surface area (Å²) in [6.45, 7) is 5.50. The lowest BCUT2D eigenvalue weighted by Gasteiger charge is -2.12. The third-order valence-corrected chi connectivity index (χ3v) is 5.68. The molecule has 0 aliphatic heterocycles. The number of hydrogen-bond donors (Lipinski definition) is 1. The molecule has 4 unspecified atom stereocenters. The molecule has 0 spiro atoms. The molecule has 3 nitrogen and oxygen atoms in total. The van der Waals surface area contributed by atoms with Crippen molar-refractivity contribution in [2.24, 2.45) is 29.6 Å². The zero-order valence-corrected chi connectivity index (χ0v) is 11.9. The van der Waals surface area contributed by atoms with Crippen molar-refractivity contribution in [3.8, 4) is 0 Å². The summed E-state index contributed by atoms with van der Waals surface area (Å²) < 4.78 is 3.08. The highest BCUT2D eigenvalue weighted by molar-refractivity contribution is 7.71. The molecule has 4 heteroatoms. The highest BCUT2D eigenvalue weighted by Crippen LogP contribution is 2.72. The molecule has 3 aliphatic rings. The number of H-pyrrole nitrogens is 1. The van der Waals surface area contributed by atoms with Gasteiger partial charge < -0.3 is 4.57 Å². The first kappa shape index (κ1) is 11.2. The first-order valence-corrected chi connectivity index (χ1v) is 7.72. The molecule has 3 fully saturated rings. The second kappa shape index (κ2) is 3.69. The third kappa shape index (κ3) is 1.41. The van der Waals surface area contributed by atoms with Gasteiger partial charge in [-0.25, -0.2) is 0 Å². The van der Waals surface area contributed by atoms with E-state index in [0.29, 0.717) is 5.92 Å². The molecule has 1 aromatic heterocycles. The van der Waals surface area contributed by atoms with Crippen molar-refractivity contribution < 1.29 is 0 Å². The van der Waals surface area contributed by atoms with Crippen LogP contribution < -0.4 is 0 Å². The Bertz CT molecular complexity index is 513. The zero-order valence-electron chi connectivity index (χ0n) is 11.1. The Hall–Kier alpha value is -0.640. The van der Waals surface area contributed by atoms with Crippen molar-refractivity contribution in [3.05, 3.63) is 10.6 Å². The van der Waals surface area contributed by atoms with Crippen molar-refractivity contribution in [3.63, 3.8) is 0 Å². The molecule has 2 bridgehead atoms. The van der Waals surface area contributed by atoms with E-state index in [9.17, 15) is 0 Å². The Kier molecular flexibility index (Phi) is 2.30. The van der Waals surface area contributed by atoms with Crippen LogP contribution in [-0.4, -0.2) is 14.8 Å². The van der Waals surface area contributed by atoms with Crippen molar-refractivity contribution in [2.45, 2.75) is 45.6 Å². The maximum atomic E-state index is 5.39. The van der Waals surface area contributed by atoms with Gasteiger partial charge in [0.2, 0.25) is 0 Å². The lowest BCUT2D eigenvalue weighted by Crippen LogP contribution is -2.10. The molecule has 0 radical (unpaired) electrons. The van der Waals surface area contributed by atoms with Crippen LogP contribution in [-0.2, 0) is 6.54 Å². The number of hydrogen-bond acceptors (Lipinski definition) is 2. The Morgan fingerprint density at radius 3 is 2.61 bits per heavy atom. The summed E-state index contributed by atoms with van der Waals surface area (Å²) in [5.41, 5.74) is 0. The predicted octanol–water partition coefficient (Wildman–Crippen LogP) is 3.36. The highest BCUT2D eigenvalue weighted by Gasteiger charge is 2.66. The van der Waals surface area contributed by atoms with E-state index < -0.39 is 0 Å². The Morgan fingerprint density at radius 1 is 1.33 bits per heavy atom. The molecule has 3 saturated carbocycles. The maximum absolute atomic E-state index is 5.39. The number of nitrogens with zero attached hydrogens (tertiary/aromatic N) is 2. The number of aromatic amines is 1. The first-order valence-electron chi connectivity index (χ1n) is 7.32. The molecule has 1 heterocycles. The van der Waals surface area contributed by atoms with E-state index in [1.54, 1.807) is 0 Å². The van der Waals surface area contributed by atoms with Gasteiger partial charge >= 0.3 is 0 Å². The average Bonchev–Trinajstić information content (AvgIpc) is 2.66. The van der Waals surface area contributed by atoms with Crippen molar-refractivity contribution in [1.82, 2.24) is 14.8 Å². The summed E-state index contributed by atoms with van der Waals surface area (Å²) in [6.07, 6.45) is 4.44. The monoisotopic (exact) mass is 263 g/mol. The predicted molar refractivity (Wildman–Crippen MR) is 72.8 cm³/mol. The molecular formula is C14H21N3S. The van der Waals surface area contributed by atoms with E-state index >= 15 is 0 Å². The SMILES string of the molecule is CC(C)Cn1c(C2C3C4CCC(C4)C23)n[nH]c1=S. The Morgan fingerprint density at radius 2 is 2.00 bits per heavy atom. The Labute approximate surface area is 113 Å². The standard InChI is InChI=1S/C14H21N3S/c1-7(2)6-17-13(15-16-14(17)18)12-10-8-3-4-9(5-8)11(10)12/h7-12H,3-6H2,1-2H3,(H,16,18). The fourth-order valence-electron chi connectivity index (χ4n) is 4.80. The molecule has 0 amide bonds. The van der Waals surface area contributed by atoms with Gasteiger partial charge in [-0.1, -0.05) is 13.8 Å². The highest BCUT2D eigenvalue weighted by atomic mass is 32.1.